The molecule has 1 aliphatic carbocycles. The molecule has 1 aliphatic rings. The molecule has 9 heavy (non-hydrogen) atoms. The lowest BCUT2D eigenvalue weighted by atomic mass is 9.96. The molecule has 3 heteroatoms. The van der Waals surface area contributed by atoms with E-state index in [0.717, 1.165) is 12.8 Å². The van der Waals surface area contributed by atoms with Gasteiger partial charge in [0.2, 0.25) is 0 Å². The second-order valence-electron chi connectivity index (χ2n) is 2.53. The molecule has 0 aromatic carbocycles. The van der Waals surface area contributed by atoms with Crippen LogP contribution in [-0.2, 0) is 0 Å². The van der Waals surface area contributed by atoms with Crippen molar-refractivity contribution in [2.45, 2.75) is 38.1 Å². The summed E-state index contributed by atoms with van der Waals surface area (Å²) in [6, 6.07) is 0.439. The predicted octanol–water partition coefficient (Wildman–Crippen LogP) is 2.44. The van der Waals surface area contributed by atoms with Crippen LogP contribution in [0.3, 0.4) is 0 Å². The van der Waals surface area contributed by atoms with E-state index in [1.54, 1.807) is 0 Å². The third-order valence-corrected chi connectivity index (χ3v) is 2.24. The number of hydrogen-bond donors (Lipinski definition) is 1. The summed E-state index contributed by atoms with van der Waals surface area (Å²) < 4.78 is 14.3. The molecule has 0 aromatic heterocycles. The van der Waals surface area contributed by atoms with Crippen LogP contribution in [0.1, 0.15) is 32.1 Å². The Kier molecular flexibility index (Phi) is 3.36. The summed E-state index contributed by atoms with van der Waals surface area (Å²) in [5.74, 6) is 0. The lowest BCUT2D eigenvalue weighted by molar-refractivity contribution is 0.421. The first kappa shape index (κ1) is 7.35. The van der Waals surface area contributed by atoms with Gasteiger partial charge < -0.3 is 0 Å². The Morgan fingerprint density at radius 1 is 1.22 bits per heavy atom. The third kappa shape index (κ3) is 2.54. The van der Waals surface area contributed by atoms with Crippen LogP contribution in [0, 0.1) is 0 Å². The molecule has 0 amide bonds. The fourth-order valence-corrected chi connectivity index (χ4v) is 1.65. The minimum absolute atomic E-state index is 0.258. The zero-order valence-electron chi connectivity index (χ0n) is 5.40. The molecule has 1 rings (SSSR count). The van der Waals surface area contributed by atoms with Gasteiger partial charge in [0, 0.05) is 6.04 Å². The van der Waals surface area contributed by atoms with Crippen LogP contribution >= 0.6 is 12.3 Å². The van der Waals surface area contributed by atoms with E-state index >= 15 is 0 Å². The Morgan fingerprint density at radius 2 is 1.89 bits per heavy atom. The Morgan fingerprint density at radius 3 is 2.44 bits per heavy atom. The number of rotatable bonds is 2. The smallest absolute Gasteiger partial charge is 0.131 e. The molecule has 1 saturated carbocycles. The summed E-state index contributed by atoms with van der Waals surface area (Å²) in [4.78, 5) is 0. The number of halogens is 1. The second-order valence-corrected chi connectivity index (χ2v) is 2.92. The molecule has 0 spiro atoms. The van der Waals surface area contributed by atoms with E-state index in [2.05, 4.69) is 4.72 Å². The lowest BCUT2D eigenvalue weighted by Gasteiger charge is -2.19. The highest BCUT2D eigenvalue weighted by Crippen LogP contribution is 2.18. The Labute approximate surface area is 59.8 Å². The number of hydrogen-bond acceptors (Lipinski definition) is 2. The maximum atomic E-state index is 11.6. The van der Waals surface area contributed by atoms with Crippen LogP contribution in [0.4, 0.5) is 3.89 Å². The topological polar surface area (TPSA) is 12.0 Å². The van der Waals surface area contributed by atoms with E-state index in [1.165, 1.54) is 19.3 Å². The van der Waals surface area contributed by atoms with Crippen LogP contribution in [0.2, 0.25) is 0 Å². The normalized spacial score (nSPS) is 22.3. The summed E-state index contributed by atoms with van der Waals surface area (Å²) in [7, 11) is 0. The van der Waals surface area contributed by atoms with Crippen molar-refractivity contribution in [2.24, 2.45) is 0 Å². The van der Waals surface area contributed by atoms with Gasteiger partial charge in [0.15, 0.2) is 0 Å². The summed E-state index contributed by atoms with van der Waals surface area (Å²) in [6.45, 7) is 0. The molecule has 0 aromatic rings. The van der Waals surface area contributed by atoms with E-state index in [-0.39, 0.29) is 12.3 Å². The average Bonchev–Trinajstić information content (AvgIpc) is 1.91. The van der Waals surface area contributed by atoms with Gasteiger partial charge in [-0.25, -0.2) is 4.72 Å². The van der Waals surface area contributed by atoms with Crippen LogP contribution in [0.15, 0.2) is 0 Å². The maximum Gasteiger partial charge on any atom is 0.131 e. The first-order valence-electron chi connectivity index (χ1n) is 3.46. The van der Waals surface area contributed by atoms with E-state index in [0.29, 0.717) is 6.04 Å². The van der Waals surface area contributed by atoms with Crippen LogP contribution in [0.25, 0.3) is 0 Å². The Balaban J connectivity index is 2.08. The van der Waals surface area contributed by atoms with Crippen molar-refractivity contribution in [2.75, 3.05) is 0 Å². The van der Waals surface area contributed by atoms with E-state index in [4.69, 9.17) is 0 Å². The van der Waals surface area contributed by atoms with Crippen molar-refractivity contribution in [3.63, 3.8) is 0 Å². The van der Waals surface area contributed by atoms with Gasteiger partial charge in [-0.2, -0.15) is 0 Å². The molecule has 0 unspecified atom stereocenters. The molecule has 0 heterocycles. The molecule has 1 nitrogen and oxygen atoms in total. The fraction of sp³-hybridized carbons (Fsp3) is 1.00. The molecule has 1 N–H and O–H groups in total. The highest BCUT2D eigenvalue weighted by atomic mass is 32.2. The summed E-state index contributed by atoms with van der Waals surface area (Å²) in [5.41, 5.74) is 0. The van der Waals surface area contributed by atoms with Gasteiger partial charge in [-0.1, -0.05) is 19.3 Å². The second kappa shape index (κ2) is 4.12. The minimum Gasteiger partial charge on any atom is -0.233 e. The molecule has 54 valence electrons. The summed E-state index contributed by atoms with van der Waals surface area (Å²) in [6.07, 6.45) is 6.15. The van der Waals surface area contributed by atoms with Gasteiger partial charge in [0.1, 0.15) is 12.3 Å². The van der Waals surface area contributed by atoms with Crippen molar-refractivity contribution in [3.8, 4) is 0 Å². The van der Waals surface area contributed by atoms with Gasteiger partial charge in [0.25, 0.3) is 0 Å². The molecular weight excluding hydrogens is 137 g/mol. The lowest BCUT2D eigenvalue weighted by Crippen LogP contribution is -2.24. The molecule has 0 radical (unpaired) electrons. The first-order chi connectivity index (χ1) is 4.43. The molecule has 0 atom stereocenters. The Hall–Kier alpha value is 0.240. The van der Waals surface area contributed by atoms with E-state index in [9.17, 15) is 3.89 Å². The third-order valence-electron chi connectivity index (χ3n) is 1.82. The van der Waals surface area contributed by atoms with Crippen molar-refractivity contribution >= 4 is 12.3 Å². The van der Waals surface area contributed by atoms with Gasteiger partial charge in [-0.05, 0) is 12.8 Å². The first-order valence-corrected chi connectivity index (χ1v) is 4.18. The van der Waals surface area contributed by atoms with Crippen LogP contribution in [-0.4, -0.2) is 6.04 Å². The zero-order valence-corrected chi connectivity index (χ0v) is 6.22. The van der Waals surface area contributed by atoms with Crippen molar-refractivity contribution in [3.05, 3.63) is 0 Å². The van der Waals surface area contributed by atoms with Crippen molar-refractivity contribution in [1.82, 2.24) is 4.72 Å². The van der Waals surface area contributed by atoms with Crippen molar-refractivity contribution in [1.29, 1.82) is 0 Å². The van der Waals surface area contributed by atoms with Crippen LogP contribution < -0.4 is 4.72 Å². The SMILES string of the molecule is FSNC1CCCCC1. The van der Waals surface area contributed by atoms with Crippen LogP contribution in [0.5, 0.6) is 0 Å². The fourth-order valence-electron chi connectivity index (χ4n) is 1.28. The molecule has 0 saturated heterocycles. The highest BCUT2D eigenvalue weighted by molar-refractivity contribution is 7.92. The van der Waals surface area contributed by atoms with Crippen molar-refractivity contribution < 1.29 is 3.89 Å². The molecule has 0 bridgehead atoms. The number of nitrogens with one attached hydrogen (secondary N) is 1. The molecule has 1 fully saturated rings. The standard InChI is InChI=1S/C6H12FNS/c7-9-8-6-4-2-1-3-5-6/h6,8H,1-5H2. The molecular formula is C6H12FNS. The quantitative estimate of drug-likeness (QED) is 0.605. The van der Waals surface area contributed by atoms with Gasteiger partial charge in [-0.15, -0.1) is 3.89 Å². The largest absolute Gasteiger partial charge is 0.233 e. The van der Waals surface area contributed by atoms with Gasteiger partial charge in [-0.3, -0.25) is 0 Å². The summed E-state index contributed by atoms with van der Waals surface area (Å²) in [5, 5.41) is 0. The minimum atomic E-state index is 0.258. The monoisotopic (exact) mass is 149 g/mol. The van der Waals surface area contributed by atoms with Gasteiger partial charge >= 0.3 is 0 Å². The predicted molar refractivity (Wildman–Crippen MR) is 38.7 cm³/mol. The highest BCUT2D eigenvalue weighted by Gasteiger charge is 2.11. The summed E-state index contributed by atoms with van der Waals surface area (Å²) >= 11 is 0.258. The average molecular weight is 149 g/mol. The van der Waals surface area contributed by atoms with E-state index < -0.39 is 0 Å². The molecule has 0 aliphatic heterocycles. The maximum absolute atomic E-state index is 11.6. The Bertz CT molecular complexity index is 70.7. The van der Waals surface area contributed by atoms with E-state index in [1.807, 2.05) is 0 Å². The van der Waals surface area contributed by atoms with Gasteiger partial charge in [0.05, 0.1) is 0 Å². The zero-order chi connectivity index (χ0) is 6.53.